The van der Waals surface area contributed by atoms with Gasteiger partial charge in [0, 0.05) is 18.5 Å². The summed E-state index contributed by atoms with van der Waals surface area (Å²) >= 11 is 12.6. The number of nitrogens with zero attached hydrogens (tertiary/aromatic N) is 2. The first-order valence-electron chi connectivity index (χ1n) is 11.1. The van der Waals surface area contributed by atoms with Crippen molar-refractivity contribution < 1.29 is 19.2 Å². The highest BCUT2D eigenvalue weighted by molar-refractivity contribution is 6.42. The summed E-state index contributed by atoms with van der Waals surface area (Å²) in [5.74, 6) is -1.90. The molecule has 0 aromatic heterocycles. The SMILES string of the molecule is CC1=C(C(=O)OCc2ccc(C3=NNC(=O)CC3)cc2)C(c2cccc(Cl)c2Cl)C([N+](=O)[O-])=C(C)N1. The molecule has 0 saturated heterocycles. The molecule has 2 aliphatic heterocycles. The summed E-state index contributed by atoms with van der Waals surface area (Å²) in [6.45, 7) is 3.17. The van der Waals surface area contributed by atoms with Crippen LogP contribution in [0.25, 0.3) is 0 Å². The number of dihydropyridines is 1. The normalized spacial score (nSPS) is 17.8. The van der Waals surface area contributed by atoms with Crippen LogP contribution >= 0.6 is 23.2 Å². The van der Waals surface area contributed by atoms with E-state index in [1.54, 1.807) is 44.2 Å². The molecule has 36 heavy (non-hydrogen) atoms. The number of nitro groups is 1. The summed E-state index contributed by atoms with van der Waals surface area (Å²) in [5, 5.41) is 19.3. The minimum atomic E-state index is -1.07. The van der Waals surface area contributed by atoms with Crippen molar-refractivity contribution in [1.82, 2.24) is 10.7 Å². The van der Waals surface area contributed by atoms with Crippen molar-refractivity contribution in [2.45, 2.75) is 39.2 Å². The number of nitrogens with one attached hydrogen (secondary N) is 2. The molecular formula is C25H22Cl2N4O5. The first-order valence-corrected chi connectivity index (χ1v) is 11.8. The van der Waals surface area contributed by atoms with E-state index in [1.807, 2.05) is 12.1 Å². The summed E-state index contributed by atoms with van der Waals surface area (Å²) in [5.41, 5.74) is 5.74. The fourth-order valence-electron chi connectivity index (χ4n) is 4.24. The first kappa shape index (κ1) is 25.4. The molecule has 0 saturated carbocycles. The van der Waals surface area contributed by atoms with Crippen LogP contribution < -0.4 is 10.7 Å². The largest absolute Gasteiger partial charge is 0.457 e. The molecule has 0 radical (unpaired) electrons. The average molecular weight is 529 g/mol. The van der Waals surface area contributed by atoms with Crippen molar-refractivity contribution >= 4 is 40.8 Å². The number of hydrogen-bond acceptors (Lipinski definition) is 7. The predicted octanol–water partition coefficient (Wildman–Crippen LogP) is 4.82. The van der Waals surface area contributed by atoms with Crippen LogP contribution in [0.15, 0.2) is 70.2 Å². The molecule has 0 aliphatic carbocycles. The van der Waals surface area contributed by atoms with Gasteiger partial charge in [-0.15, -0.1) is 0 Å². The number of allylic oxidation sites excluding steroid dienone is 3. The third kappa shape index (κ3) is 5.12. The number of carbonyl (C=O) groups excluding carboxylic acids is 2. The fourth-order valence-corrected chi connectivity index (χ4v) is 4.66. The summed E-state index contributed by atoms with van der Waals surface area (Å²) in [6, 6.07) is 12.0. The van der Waals surface area contributed by atoms with Gasteiger partial charge in [-0.3, -0.25) is 14.9 Å². The van der Waals surface area contributed by atoms with Crippen LogP contribution in [0.3, 0.4) is 0 Å². The lowest BCUT2D eigenvalue weighted by atomic mass is 9.84. The second-order valence-corrected chi connectivity index (χ2v) is 9.16. The lowest BCUT2D eigenvalue weighted by molar-refractivity contribution is -0.431. The maximum atomic E-state index is 13.3. The van der Waals surface area contributed by atoms with E-state index in [4.69, 9.17) is 27.9 Å². The van der Waals surface area contributed by atoms with Crippen molar-refractivity contribution in [2.75, 3.05) is 0 Å². The molecule has 1 unspecified atom stereocenters. The summed E-state index contributed by atoms with van der Waals surface area (Å²) < 4.78 is 5.58. The predicted molar refractivity (Wildman–Crippen MR) is 135 cm³/mol. The Labute approximate surface area is 217 Å². The van der Waals surface area contributed by atoms with Gasteiger partial charge in [0.15, 0.2) is 0 Å². The minimum absolute atomic E-state index is 0.0500. The number of esters is 1. The molecule has 2 heterocycles. The van der Waals surface area contributed by atoms with Crippen LogP contribution in [0.2, 0.25) is 10.0 Å². The second kappa shape index (κ2) is 10.5. The Kier molecular flexibility index (Phi) is 7.42. The van der Waals surface area contributed by atoms with Crippen molar-refractivity contribution in [2.24, 2.45) is 5.10 Å². The number of rotatable bonds is 6. The molecule has 11 heteroatoms. The first-order chi connectivity index (χ1) is 17.2. The van der Waals surface area contributed by atoms with E-state index in [0.29, 0.717) is 35.4 Å². The van der Waals surface area contributed by atoms with Gasteiger partial charge in [-0.2, -0.15) is 5.10 Å². The zero-order valence-electron chi connectivity index (χ0n) is 19.4. The average Bonchev–Trinajstić information content (AvgIpc) is 2.84. The summed E-state index contributed by atoms with van der Waals surface area (Å²) in [6.07, 6.45) is 0.915. The molecular weight excluding hydrogens is 507 g/mol. The van der Waals surface area contributed by atoms with Crippen LogP contribution in [0.5, 0.6) is 0 Å². The number of benzene rings is 2. The molecule has 186 valence electrons. The lowest BCUT2D eigenvalue weighted by Crippen LogP contribution is -2.31. The van der Waals surface area contributed by atoms with Gasteiger partial charge in [0.25, 0.3) is 5.70 Å². The Morgan fingerprint density at radius 3 is 2.50 bits per heavy atom. The van der Waals surface area contributed by atoms with Gasteiger partial charge in [-0.1, -0.05) is 59.6 Å². The fraction of sp³-hybridized carbons (Fsp3) is 0.240. The highest BCUT2D eigenvalue weighted by Gasteiger charge is 2.42. The number of halogens is 2. The number of ether oxygens (including phenoxy) is 1. The highest BCUT2D eigenvalue weighted by Crippen LogP contribution is 2.43. The number of hydrogen-bond donors (Lipinski definition) is 2. The molecule has 4 rings (SSSR count). The Bertz CT molecular complexity index is 1350. The third-order valence-corrected chi connectivity index (χ3v) is 6.83. The zero-order valence-corrected chi connectivity index (χ0v) is 20.9. The highest BCUT2D eigenvalue weighted by atomic mass is 35.5. The minimum Gasteiger partial charge on any atom is -0.457 e. The van der Waals surface area contributed by atoms with E-state index in [1.165, 1.54) is 0 Å². The molecule has 2 aromatic rings. The van der Waals surface area contributed by atoms with E-state index in [2.05, 4.69) is 15.8 Å². The Hall–Kier alpha value is -3.69. The zero-order chi connectivity index (χ0) is 26.0. The molecule has 0 bridgehead atoms. The molecule has 0 fully saturated rings. The molecule has 9 nitrogen and oxygen atoms in total. The van der Waals surface area contributed by atoms with Crippen molar-refractivity contribution in [1.29, 1.82) is 0 Å². The van der Waals surface area contributed by atoms with Gasteiger partial charge < -0.3 is 10.1 Å². The molecule has 1 atom stereocenters. The number of hydrazone groups is 1. The number of carbonyl (C=O) groups is 2. The van der Waals surface area contributed by atoms with E-state index in [9.17, 15) is 19.7 Å². The van der Waals surface area contributed by atoms with Crippen molar-refractivity contribution in [3.8, 4) is 0 Å². The van der Waals surface area contributed by atoms with E-state index < -0.39 is 16.8 Å². The van der Waals surface area contributed by atoms with Gasteiger partial charge in [0.1, 0.15) is 12.5 Å². The molecule has 2 N–H and O–H groups in total. The topological polar surface area (TPSA) is 123 Å². The van der Waals surface area contributed by atoms with E-state index >= 15 is 0 Å². The molecule has 2 aliphatic rings. The van der Waals surface area contributed by atoms with Crippen LogP contribution in [-0.4, -0.2) is 22.5 Å². The third-order valence-electron chi connectivity index (χ3n) is 6.00. The quantitative estimate of drug-likeness (QED) is 0.314. The molecule has 2 aromatic carbocycles. The van der Waals surface area contributed by atoms with Gasteiger partial charge in [-0.25, -0.2) is 10.2 Å². The van der Waals surface area contributed by atoms with Crippen molar-refractivity contribution in [3.05, 3.63) is 102 Å². The maximum absolute atomic E-state index is 13.3. The summed E-state index contributed by atoms with van der Waals surface area (Å²) in [7, 11) is 0. The molecule has 0 spiro atoms. The smallest absolute Gasteiger partial charge is 0.337 e. The Morgan fingerprint density at radius 1 is 1.14 bits per heavy atom. The second-order valence-electron chi connectivity index (χ2n) is 8.37. The van der Waals surface area contributed by atoms with Crippen LogP contribution in [0.4, 0.5) is 0 Å². The standard InChI is InChI=1S/C25H22Cl2N4O5/c1-13-21(22(24(31(34)35)14(2)28-13)17-4-3-5-18(26)23(17)27)25(33)36-12-15-6-8-16(9-7-15)19-10-11-20(32)30-29-19/h3-9,22,28H,10-12H2,1-2H3,(H,30,32). The van der Waals surface area contributed by atoms with E-state index in [0.717, 1.165) is 11.3 Å². The maximum Gasteiger partial charge on any atom is 0.337 e. The lowest BCUT2D eigenvalue weighted by Gasteiger charge is -2.27. The summed E-state index contributed by atoms with van der Waals surface area (Å²) in [4.78, 5) is 36.0. The Morgan fingerprint density at radius 2 is 1.86 bits per heavy atom. The Balaban J connectivity index is 1.58. The van der Waals surface area contributed by atoms with Gasteiger partial charge in [0.2, 0.25) is 5.91 Å². The van der Waals surface area contributed by atoms with Crippen LogP contribution in [0.1, 0.15) is 49.3 Å². The van der Waals surface area contributed by atoms with Gasteiger partial charge in [-0.05, 0) is 36.6 Å². The van der Waals surface area contributed by atoms with Crippen LogP contribution in [-0.2, 0) is 20.9 Å². The monoisotopic (exact) mass is 528 g/mol. The number of amides is 1. The van der Waals surface area contributed by atoms with Crippen LogP contribution in [0, 0.1) is 10.1 Å². The van der Waals surface area contributed by atoms with Gasteiger partial charge >= 0.3 is 5.97 Å². The van der Waals surface area contributed by atoms with Crippen molar-refractivity contribution in [3.63, 3.8) is 0 Å². The van der Waals surface area contributed by atoms with E-state index in [-0.39, 0.29) is 33.8 Å². The molecule has 1 amide bonds. The van der Waals surface area contributed by atoms with Gasteiger partial charge in [0.05, 0.1) is 32.0 Å².